The molecular weight excluding hydrogens is 276 g/mol. The summed E-state index contributed by atoms with van der Waals surface area (Å²) in [4.78, 5) is 0.286. The Morgan fingerprint density at radius 2 is 2.15 bits per heavy atom. The lowest BCUT2D eigenvalue weighted by molar-refractivity contribution is 0.429. The van der Waals surface area contributed by atoms with Gasteiger partial charge in [-0.1, -0.05) is 26.0 Å². The highest BCUT2D eigenvalue weighted by molar-refractivity contribution is 7.89. The molecule has 20 heavy (non-hydrogen) atoms. The van der Waals surface area contributed by atoms with E-state index in [0.29, 0.717) is 37.2 Å². The van der Waals surface area contributed by atoms with Gasteiger partial charge in [-0.3, -0.25) is 0 Å². The number of sulfonamides is 1. The van der Waals surface area contributed by atoms with Gasteiger partial charge in [-0.25, -0.2) is 8.42 Å². The van der Waals surface area contributed by atoms with Gasteiger partial charge in [0, 0.05) is 25.2 Å². The summed E-state index contributed by atoms with van der Waals surface area (Å²) in [6.07, 6.45) is 4.65. The van der Waals surface area contributed by atoms with Crippen LogP contribution in [0.3, 0.4) is 0 Å². The van der Waals surface area contributed by atoms with Gasteiger partial charge in [0.05, 0.1) is 6.54 Å². The highest BCUT2D eigenvalue weighted by Crippen LogP contribution is 2.24. The molecular formula is C14H22N2O3S. The Balaban J connectivity index is 2.21. The Morgan fingerprint density at radius 1 is 1.40 bits per heavy atom. The predicted molar refractivity (Wildman–Crippen MR) is 77.9 cm³/mol. The molecule has 1 aliphatic rings. The number of rotatable bonds is 5. The van der Waals surface area contributed by atoms with Gasteiger partial charge in [0.15, 0.2) is 0 Å². The molecule has 2 rings (SSSR count). The first-order valence-electron chi connectivity index (χ1n) is 6.89. The van der Waals surface area contributed by atoms with Gasteiger partial charge in [0.25, 0.3) is 0 Å². The lowest BCUT2D eigenvalue weighted by atomic mass is 10.3. The van der Waals surface area contributed by atoms with Crippen molar-refractivity contribution in [3.63, 3.8) is 0 Å². The molecule has 0 unspecified atom stereocenters. The number of nitrogens with zero attached hydrogens (tertiary/aromatic N) is 1. The number of hydrogen-bond donors (Lipinski definition) is 1. The molecule has 1 aliphatic heterocycles. The summed E-state index contributed by atoms with van der Waals surface area (Å²) in [6.45, 7) is 7.27. The van der Waals surface area contributed by atoms with E-state index in [0.717, 1.165) is 6.42 Å². The Kier molecular flexibility index (Phi) is 4.67. The molecule has 1 N–H and O–H groups in total. The van der Waals surface area contributed by atoms with Crippen molar-refractivity contribution in [1.29, 1.82) is 0 Å². The molecule has 0 atom stereocenters. The van der Waals surface area contributed by atoms with Crippen molar-refractivity contribution in [2.45, 2.75) is 44.7 Å². The van der Waals surface area contributed by atoms with Crippen LogP contribution in [-0.2, 0) is 16.6 Å². The number of nitrogens with one attached hydrogen (secondary N) is 1. The third kappa shape index (κ3) is 3.31. The van der Waals surface area contributed by atoms with Crippen LogP contribution >= 0.6 is 0 Å². The van der Waals surface area contributed by atoms with Crippen molar-refractivity contribution in [2.24, 2.45) is 0 Å². The molecule has 0 aliphatic carbocycles. The van der Waals surface area contributed by atoms with Crippen LogP contribution < -0.4 is 5.32 Å². The first kappa shape index (κ1) is 15.3. The number of furan rings is 1. The second kappa shape index (κ2) is 6.11. The number of hydrogen-bond acceptors (Lipinski definition) is 4. The van der Waals surface area contributed by atoms with Crippen LogP contribution in [0.4, 0.5) is 0 Å². The first-order valence-corrected chi connectivity index (χ1v) is 8.33. The van der Waals surface area contributed by atoms with E-state index in [9.17, 15) is 8.42 Å². The van der Waals surface area contributed by atoms with Crippen molar-refractivity contribution < 1.29 is 12.8 Å². The largest absolute Gasteiger partial charge is 0.464 e. The average molecular weight is 298 g/mol. The Bertz CT molecular complexity index is 588. The second-order valence-electron chi connectivity index (χ2n) is 5.29. The van der Waals surface area contributed by atoms with Gasteiger partial charge < -0.3 is 9.73 Å². The zero-order chi connectivity index (χ0) is 14.8. The summed E-state index contributed by atoms with van der Waals surface area (Å²) < 4.78 is 32.2. The van der Waals surface area contributed by atoms with E-state index in [1.165, 1.54) is 4.31 Å². The Hall–Kier alpha value is -1.11. The van der Waals surface area contributed by atoms with Crippen molar-refractivity contribution in [1.82, 2.24) is 9.62 Å². The third-order valence-corrected chi connectivity index (χ3v) is 5.22. The molecule has 0 radical (unpaired) electrons. The molecule has 2 heterocycles. The monoisotopic (exact) mass is 298 g/mol. The standard InChI is InChI=1S/C14H22N2O3S/c1-11(2)15-10-13-9-14(12(3)19-13)20(17,18)16-7-5-4-6-8-16/h4-5,9,11,15H,6-8,10H2,1-3H3. The molecule has 0 fully saturated rings. The van der Waals surface area contributed by atoms with Crippen LogP contribution in [0.25, 0.3) is 0 Å². The summed E-state index contributed by atoms with van der Waals surface area (Å²) in [5, 5.41) is 3.22. The normalized spacial score (nSPS) is 17.0. The second-order valence-corrected chi connectivity index (χ2v) is 7.20. The molecule has 0 spiro atoms. The minimum atomic E-state index is -3.45. The zero-order valence-electron chi connectivity index (χ0n) is 12.2. The fourth-order valence-corrected chi connectivity index (χ4v) is 3.74. The fraction of sp³-hybridized carbons (Fsp3) is 0.571. The average Bonchev–Trinajstić information content (AvgIpc) is 2.79. The molecule has 1 aromatic rings. The van der Waals surface area contributed by atoms with Crippen LogP contribution in [0.5, 0.6) is 0 Å². The van der Waals surface area contributed by atoms with Crippen molar-refractivity contribution >= 4 is 10.0 Å². The van der Waals surface area contributed by atoms with Gasteiger partial charge >= 0.3 is 0 Å². The maximum atomic E-state index is 12.6. The highest BCUT2D eigenvalue weighted by atomic mass is 32.2. The van der Waals surface area contributed by atoms with Crippen molar-refractivity contribution in [3.05, 3.63) is 29.7 Å². The lowest BCUT2D eigenvalue weighted by Gasteiger charge is -2.22. The topological polar surface area (TPSA) is 62.6 Å². The van der Waals surface area contributed by atoms with Crippen LogP contribution in [0.15, 0.2) is 27.5 Å². The molecule has 1 aromatic heterocycles. The van der Waals surface area contributed by atoms with E-state index in [1.807, 2.05) is 26.0 Å². The van der Waals surface area contributed by atoms with Crippen LogP contribution in [0.1, 0.15) is 31.8 Å². The van der Waals surface area contributed by atoms with Crippen LogP contribution in [0.2, 0.25) is 0 Å². The zero-order valence-corrected chi connectivity index (χ0v) is 13.0. The van der Waals surface area contributed by atoms with Crippen LogP contribution in [-0.4, -0.2) is 31.9 Å². The molecule has 112 valence electrons. The maximum absolute atomic E-state index is 12.6. The lowest BCUT2D eigenvalue weighted by Crippen LogP contribution is -2.33. The first-order chi connectivity index (χ1) is 9.41. The van der Waals surface area contributed by atoms with Gasteiger partial charge in [-0.2, -0.15) is 4.31 Å². The summed E-state index contributed by atoms with van der Waals surface area (Å²) >= 11 is 0. The molecule has 0 bridgehead atoms. The molecule has 6 heteroatoms. The van der Waals surface area contributed by atoms with E-state index < -0.39 is 10.0 Å². The minimum Gasteiger partial charge on any atom is -0.464 e. The van der Waals surface area contributed by atoms with Crippen molar-refractivity contribution in [3.8, 4) is 0 Å². The van der Waals surface area contributed by atoms with E-state index in [1.54, 1.807) is 13.0 Å². The van der Waals surface area contributed by atoms with Crippen LogP contribution in [0, 0.1) is 6.92 Å². The fourth-order valence-electron chi connectivity index (χ4n) is 2.15. The molecule has 0 amide bonds. The smallest absolute Gasteiger partial charge is 0.246 e. The van der Waals surface area contributed by atoms with Gasteiger partial charge in [-0.15, -0.1) is 0 Å². The van der Waals surface area contributed by atoms with E-state index >= 15 is 0 Å². The predicted octanol–water partition coefficient (Wildman–Crippen LogP) is 2.04. The van der Waals surface area contributed by atoms with Gasteiger partial charge in [0.1, 0.15) is 16.4 Å². The number of aryl methyl sites for hydroxylation is 1. The van der Waals surface area contributed by atoms with E-state index in [4.69, 9.17) is 4.42 Å². The van der Waals surface area contributed by atoms with E-state index in [-0.39, 0.29) is 4.90 Å². The SMILES string of the molecule is Cc1oc(CNC(C)C)cc1S(=O)(=O)N1CC=CCC1. The third-order valence-electron chi connectivity index (χ3n) is 3.25. The summed E-state index contributed by atoms with van der Waals surface area (Å²) in [7, 11) is -3.45. The molecule has 0 saturated heterocycles. The quantitative estimate of drug-likeness (QED) is 0.845. The summed E-state index contributed by atoms with van der Waals surface area (Å²) in [5.74, 6) is 1.11. The molecule has 0 saturated carbocycles. The van der Waals surface area contributed by atoms with Crippen molar-refractivity contribution in [2.75, 3.05) is 13.1 Å². The Labute approximate surface area is 120 Å². The molecule has 5 nitrogen and oxygen atoms in total. The molecule has 0 aromatic carbocycles. The minimum absolute atomic E-state index is 0.286. The van der Waals surface area contributed by atoms with Gasteiger partial charge in [-0.05, 0) is 13.3 Å². The Morgan fingerprint density at radius 3 is 2.75 bits per heavy atom. The summed E-state index contributed by atoms with van der Waals surface area (Å²) in [5.41, 5.74) is 0. The summed E-state index contributed by atoms with van der Waals surface area (Å²) in [6, 6.07) is 1.96. The van der Waals surface area contributed by atoms with E-state index in [2.05, 4.69) is 5.32 Å². The van der Waals surface area contributed by atoms with Gasteiger partial charge in [0.2, 0.25) is 10.0 Å². The maximum Gasteiger partial charge on any atom is 0.246 e. The highest BCUT2D eigenvalue weighted by Gasteiger charge is 2.28.